The molecule has 1 N–H and O–H groups in total. The van der Waals surface area contributed by atoms with E-state index in [9.17, 15) is 13.2 Å². The van der Waals surface area contributed by atoms with E-state index in [0.29, 0.717) is 30.2 Å². The SMILES string of the molecule is CNC1CCC(C(C)C)CC1CCSC(F)(F)F. The Labute approximate surface area is 112 Å². The molecule has 0 aliphatic heterocycles. The molecule has 108 valence electrons. The summed E-state index contributed by atoms with van der Waals surface area (Å²) in [6.45, 7) is 4.43. The van der Waals surface area contributed by atoms with Crippen molar-refractivity contribution in [2.75, 3.05) is 12.8 Å². The Bertz CT molecular complexity index is 243. The monoisotopic (exact) mass is 283 g/mol. The van der Waals surface area contributed by atoms with Crippen molar-refractivity contribution in [1.82, 2.24) is 5.32 Å². The van der Waals surface area contributed by atoms with Crippen LogP contribution in [-0.4, -0.2) is 24.4 Å². The van der Waals surface area contributed by atoms with Crippen molar-refractivity contribution in [3.05, 3.63) is 0 Å². The zero-order valence-electron chi connectivity index (χ0n) is 11.4. The van der Waals surface area contributed by atoms with Crippen LogP contribution >= 0.6 is 11.8 Å². The minimum atomic E-state index is -4.08. The van der Waals surface area contributed by atoms with Gasteiger partial charge in [-0.3, -0.25) is 0 Å². The van der Waals surface area contributed by atoms with Crippen LogP contribution in [0.15, 0.2) is 0 Å². The van der Waals surface area contributed by atoms with Crippen LogP contribution in [0.1, 0.15) is 39.5 Å². The van der Waals surface area contributed by atoms with Crippen LogP contribution in [0.4, 0.5) is 13.2 Å². The maximum atomic E-state index is 12.1. The van der Waals surface area contributed by atoms with Gasteiger partial charge >= 0.3 is 5.51 Å². The van der Waals surface area contributed by atoms with Gasteiger partial charge in [0.05, 0.1) is 0 Å². The fourth-order valence-corrected chi connectivity index (χ4v) is 3.58. The Morgan fingerprint density at radius 1 is 1.28 bits per heavy atom. The van der Waals surface area contributed by atoms with Gasteiger partial charge in [0.2, 0.25) is 0 Å². The highest BCUT2D eigenvalue weighted by Crippen LogP contribution is 2.38. The number of thioether (sulfide) groups is 1. The van der Waals surface area contributed by atoms with E-state index in [2.05, 4.69) is 19.2 Å². The fraction of sp³-hybridized carbons (Fsp3) is 1.00. The number of nitrogens with one attached hydrogen (secondary N) is 1. The van der Waals surface area contributed by atoms with Crippen molar-refractivity contribution >= 4 is 11.8 Å². The highest BCUT2D eigenvalue weighted by Gasteiger charge is 2.33. The predicted molar refractivity (Wildman–Crippen MR) is 71.6 cm³/mol. The molecule has 3 atom stereocenters. The second kappa shape index (κ2) is 7.04. The number of halogens is 3. The highest BCUT2D eigenvalue weighted by molar-refractivity contribution is 8.00. The Morgan fingerprint density at radius 2 is 1.94 bits per heavy atom. The van der Waals surface area contributed by atoms with Gasteiger partial charge in [0, 0.05) is 11.8 Å². The van der Waals surface area contributed by atoms with Gasteiger partial charge in [0.15, 0.2) is 0 Å². The van der Waals surface area contributed by atoms with Gasteiger partial charge in [-0.25, -0.2) is 0 Å². The summed E-state index contributed by atoms with van der Waals surface area (Å²) in [7, 11) is 1.92. The summed E-state index contributed by atoms with van der Waals surface area (Å²) in [6.07, 6.45) is 4.03. The molecule has 0 radical (unpaired) electrons. The first-order valence-corrected chi connectivity index (χ1v) is 7.70. The molecule has 3 unspecified atom stereocenters. The molecular weight excluding hydrogens is 259 g/mol. The van der Waals surface area contributed by atoms with E-state index >= 15 is 0 Å². The molecule has 0 bridgehead atoms. The molecule has 1 saturated carbocycles. The largest absolute Gasteiger partial charge is 0.441 e. The second-order valence-electron chi connectivity index (χ2n) is 5.56. The minimum Gasteiger partial charge on any atom is -0.317 e. The molecule has 0 aromatic heterocycles. The highest BCUT2D eigenvalue weighted by atomic mass is 32.2. The van der Waals surface area contributed by atoms with Crippen LogP contribution in [0.5, 0.6) is 0 Å². The zero-order chi connectivity index (χ0) is 13.8. The Kier molecular flexibility index (Phi) is 6.31. The summed E-state index contributed by atoms with van der Waals surface area (Å²) in [6, 6.07) is 0.397. The molecule has 5 heteroatoms. The van der Waals surface area contributed by atoms with Crippen LogP contribution in [0, 0.1) is 17.8 Å². The minimum absolute atomic E-state index is 0.122. The summed E-state index contributed by atoms with van der Waals surface area (Å²) in [5.74, 6) is 1.90. The van der Waals surface area contributed by atoms with Gasteiger partial charge in [-0.2, -0.15) is 13.2 Å². The normalized spacial score (nSPS) is 29.8. The second-order valence-corrected chi connectivity index (χ2v) is 6.72. The molecule has 1 rings (SSSR count). The van der Waals surface area contributed by atoms with E-state index in [4.69, 9.17) is 0 Å². The lowest BCUT2D eigenvalue weighted by molar-refractivity contribution is -0.0329. The van der Waals surface area contributed by atoms with Crippen LogP contribution in [-0.2, 0) is 0 Å². The van der Waals surface area contributed by atoms with Gasteiger partial charge < -0.3 is 5.32 Å². The maximum Gasteiger partial charge on any atom is 0.441 e. The Morgan fingerprint density at radius 3 is 2.44 bits per heavy atom. The number of rotatable bonds is 5. The van der Waals surface area contributed by atoms with Crippen molar-refractivity contribution in [3.63, 3.8) is 0 Å². The van der Waals surface area contributed by atoms with Gasteiger partial charge in [-0.05, 0) is 50.5 Å². The molecule has 1 aliphatic carbocycles. The average molecular weight is 283 g/mol. The molecule has 18 heavy (non-hydrogen) atoms. The third-order valence-corrected chi connectivity index (χ3v) is 4.86. The predicted octanol–water partition coefficient (Wildman–Crippen LogP) is 4.29. The quantitative estimate of drug-likeness (QED) is 0.808. The molecule has 0 saturated heterocycles. The summed E-state index contributed by atoms with van der Waals surface area (Å²) in [4.78, 5) is 0. The maximum absolute atomic E-state index is 12.1. The van der Waals surface area contributed by atoms with Gasteiger partial charge in [0.1, 0.15) is 0 Å². The number of hydrogen-bond acceptors (Lipinski definition) is 2. The first-order valence-electron chi connectivity index (χ1n) is 6.71. The van der Waals surface area contributed by atoms with E-state index in [1.807, 2.05) is 7.05 Å². The zero-order valence-corrected chi connectivity index (χ0v) is 12.2. The summed E-state index contributed by atoms with van der Waals surface area (Å²) >= 11 is 0.122. The molecule has 0 heterocycles. The number of alkyl halides is 3. The van der Waals surface area contributed by atoms with Crippen molar-refractivity contribution in [3.8, 4) is 0 Å². The summed E-state index contributed by atoms with van der Waals surface area (Å²) < 4.78 is 36.4. The van der Waals surface area contributed by atoms with E-state index in [0.717, 1.165) is 12.8 Å². The Hall–Kier alpha value is 0.100. The van der Waals surface area contributed by atoms with Crippen LogP contribution in [0.2, 0.25) is 0 Å². The first-order chi connectivity index (χ1) is 8.33. The van der Waals surface area contributed by atoms with Crippen molar-refractivity contribution in [2.45, 2.75) is 51.1 Å². The smallest absolute Gasteiger partial charge is 0.317 e. The molecule has 0 amide bonds. The van der Waals surface area contributed by atoms with Gasteiger partial charge in [0.25, 0.3) is 0 Å². The van der Waals surface area contributed by atoms with E-state index in [-0.39, 0.29) is 17.5 Å². The van der Waals surface area contributed by atoms with Crippen LogP contribution in [0.3, 0.4) is 0 Å². The van der Waals surface area contributed by atoms with Crippen LogP contribution in [0.25, 0.3) is 0 Å². The van der Waals surface area contributed by atoms with Gasteiger partial charge in [-0.15, -0.1) is 0 Å². The molecule has 0 aromatic rings. The lowest BCUT2D eigenvalue weighted by atomic mass is 9.73. The Balaban J connectivity index is 2.43. The van der Waals surface area contributed by atoms with E-state index in [1.54, 1.807) is 0 Å². The molecule has 1 fully saturated rings. The van der Waals surface area contributed by atoms with Crippen molar-refractivity contribution < 1.29 is 13.2 Å². The summed E-state index contributed by atoms with van der Waals surface area (Å²) in [5, 5.41) is 3.27. The standard InChI is InChI=1S/C13H24F3NS/c1-9(2)10-4-5-12(17-3)11(8-10)6-7-18-13(14,15)16/h9-12,17H,4-8H2,1-3H3. The molecule has 1 aliphatic rings. The van der Waals surface area contributed by atoms with E-state index in [1.165, 1.54) is 6.42 Å². The van der Waals surface area contributed by atoms with Gasteiger partial charge in [-0.1, -0.05) is 25.6 Å². The topological polar surface area (TPSA) is 12.0 Å². The molecule has 1 nitrogen and oxygen atoms in total. The lowest BCUT2D eigenvalue weighted by Crippen LogP contribution is -2.40. The average Bonchev–Trinajstić information content (AvgIpc) is 2.27. The molecule has 0 spiro atoms. The molecular formula is C13H24F3NS. The van der Waals surface area contributed by atoms with Crippen LogP contribution < -0.4 is 5.32 Å². The van der Waals surface area contributed by atoms with Crippen molar-refractivity contribution in [1.29, 1.82) is 0 Å². The molecule has 0 aromatic carbocycles. The lowest BCUT2D eigenvalue weighted by Gasteiger charge is -2.38. The third-order valence-electron chi connectivity index (χ3n) is 4.09. The summed E-state index contributed by atoms with van der Waals surface area (Å²) in [5.41, 5.74) is -4.08. The first kappa shape index (κ1) is 16.2. The number of hydrogen-bond donors (Lipinski definition) is 1. The third kappa shape index (κ3) is 5.39. The van der Waals surface area contributed by atoms with E-state index < -0.39 is 5.51 Å². The van der Waals surface area contributed by atoms with Crippen molar-refractivity contribution in [2.24, 2.45) is 17.8 Å². The fourth-order valence-electron chi connectivity index (χ4n) is 2.93.